The van der Waals surface area contributed by atoms with Crippen LogP contribution in [0, 0.1) is 5.82 Å². The number of hydrogen-bond donors (Lipinski definition) is 0. The van der Waals surface area contributed by atoms with E-state index in [0.717, 1.165) is 11.1 Å². The summed E-state index contributed by atoms with van der Waals surface area (Å²) in [5.74, 6) is 0.321. The second-order valence-electron chi connectivity index (χ2n) is 4.54. The molecule has 2 aromatic carbocycles. The Labute approximate surface area is 142 Å². The van der Waals surface area contributed by atoms with E-state index in [2.05, 4.69) is 15.9 Å². The highest BCUT2D eigenvalue weighted by atomic mass is 79.9. The molecule has 0 heterocycles. The average Bonchev–Trinajstić information content (AvgIpc) is 2.42. The number of benzene rings is 2. The Balaban J connectivity index is 2.23. The molecule has 0 amide bonds. The molecule has 112 valence electrons. The first-order valence-corrected chi connectivity index (χ1v) is 8.18. The molecule has 1 atom stereocenters. The predicted molar refractivity (Wildman–Crippen MR) is 89.4 cm³/mol. The van der Waals surface area contributed by atoms with Crippen molar-refractivity contribution in [1.82, 2.24) is 0 Å². The third-order valence-corrected chi connectivity index (χ3v) is 4.43. The summed E-state index contributed by atoms with van der Waals surface area (Å²) in [7, 11) is 0. The normalized spacial score (nSPS) is 12.2. The lowest BCUT2D eigenvalue weighted by Gasteiger charge is -2.15. The molecule has 0 fully saturated rings. The predicted octanol–water partition coefficient (Wildman–Crippen LogP) is 6.21. The van der Waals surface area contributed by atoms with Gasteiger partial charge in [-0.15, -0.1) is 0 Å². The fourth-order valence-corrected chi connectivity index (χ4v) is 3.43. The summed E-state index contributed by atoms with van der Waals surface area (Å²) in [4.78, 5) is -0.0556. The first-order chi connectivity index (χ1) is 10.0. The minimum atomic E-state index is -0.247. The summed E-state index contributed by atoms with van der Waals surface area (Å²) in [5.41, 5.74) is 1.74. The molecule has 0 aliphatic carbocycles. The van der Waals surface area contributed by atoms with Crippen molar-refractivity contribution >= 4 is 39.1 Å². The van der Waals surface area contributed by atoms with Gasteiger partial charge in [-0.1, -0.05) is 51.3 Å². The molecule has 2 aromatic rings. The molecule has 0 radical (unpaired) electrons. The minimum Gasteiger partial charge on any atom is -0.492 e. The van der Waals surface area contributed by atoms with Crippen molar-refractivity contribution in [2.45, 2.75) is 18.2 Å². The van der Waals surface area contributed by atoms with Crippen molar-refractivity contribution in [3.63, 3.8) is 0 Å². The van der Waals surface area contributed by atoms with E-state index in [1.807, 2.05) is 13.0 Å². The summed E-state index contributed by atoms with van der Waals surface area (Å²) in [6, 6.07) is 10.0. The van der Waals surface area contributed by atoms with Crippen LogP contribution in [0.15, 0.2) is 36.4 Å². The van der Waals surface area contributed by atoms with Crippen molar-refractivity contribution in [2.24, 2.45) is 0 Å². The van der Waals surface area contributed by atoms with Gasteiger partial charge >= 0.3 is 0 Å². The zero-order valence-corrected chi connectivity index (χ0v) is 14.5. The molecule has 0 saturated heterocycles. The number of hydrogen-bond acceptors (Lipinski definition) is 1. The van der Waals surface area contributed by atoms with Gasteiger partial charge in [-0.2, -0.15) is 0 Å². The topological polar surface area (TPSA) is 9.23 Å². The Bertz CT molecular complexity index is 634. The lowest BCUT2D eigenvalue weighted by molar-refractivity contribution is 0.340. The molecule has 0 aliphatic rings. The molecule has 0 N–H and O–H groups in total. The van der Waals surface area contributed by atoms with E-state index in [1.165, 1.54) is 12.1 Å². The monoisotopic (exact) mass is 390 g/mol. The van der Waals surface area contributed by atoms with E-state index >= 15 is 0 Å². The Morgan fingerprint density at radius 2 is 1.95 bits per heavy atom. The van der Waals surface area contributed by atoms with E-state index in [9.17, 15) is 4.39 Å². The quantitative estimate of drug-likeness (QED) is 0.550. The molecular weight excluding hydrogens is 378 g/mol. The maximum Gasteiger partial charge on any atom is 0.139 e. The number of halogens is 4. The van der Waals surface area contributed by atoms with Crippen LogP contribution in [-0.2, 0) is 6.42 Å². The minimum absolute atomic E-state index is 0.0556. The summed E-state index contributed by atoms with van der Waals surface area (Å²) in [6.45, 7) is 2.41. The highest BCUT2D eigenvalue weighted by Gasteiger charge is 2.16. The smallest absolute Gasteiger partial charge is 0.139 e. The SMILES string of the molecule is CCOc1cc(Cl)c(C(Br)Cc2cccc(F)c2)cc1Cl. The van der Waals surface area contributed by atoms with Crippen LogP contribution in [-0.4, -0.2) is 6.61 Å². The fraction of sp³-hybridized carbons (Fsp3) is 0.250. The Hall–Kier alpha value is -0.770. The first kappa shape index (κ1) is 16.6. The van der Waals surface area contributed by atoms with Crippen molar-refractivity contribution in [1.29, 1.82) is 0 Å². The third kappa shape index (κ3) is 4.35. The summed E-state index contributed by atoms with van der Waals surface area (Å²) < 4.78 is 18.6. The average molecular weight is 392 g/mol. The standard InChI is InChI=1S/C16H14BrCl2FO/c1-2-21-16-9-14(18)12(8-15(16)19)13(17)7-10-4-3-5-11(20)6-10/h3-6,8-9,13H,2,7H2,1H3. The molecule has 0 bridgehead atoms. The molecule has 5 heteroatoms. The third-order valence-electron chi connectivity index (χ3n) is 2.99. The molecule has 1 nitrogen and oxygen atoms in total. The fourth-order valence-electron chi connectivity index (χ4n) is 2.03. The molecule has 0 aliphatic heterocycles. The van der Waals surface area contributed by atoms with E-state index < -0.39 is 0 Å². The lowest BCUT2D eigenvalue weighted by atomic mass is 10.0. The van der Waals surface area contributed by atoms with Gasteiger partial charge in [0.2, 0.25) is 0 Å². The summed E-state index contributed by atoms with van der Waals surface area (Å²) in [6.07, 6.45) is 0.613. The van der Waals surface area contributed by atoms with E-state index in [-0.39, 0.29) is 10.6 Å². The Kier molecular flexibility index (Phi) is 5.91. The van der Waals surface area contributed by atoms with Gasteiger partial charge in [0.15, 0.2) is 0 Å². The largest absolute Gasteiger partial charge is 0.492 e. The van der Waals surface area contributed by atoms with Crippen molar-refractivity contribution in [2.75, 3.05) is 6.61 Å². The second-order valence-corrected chi connectivity index (χ2v) is 6.46. The number of ether oxygens (including phenoxy) is 1. The maximum absolute atomic E-state index is 13.2. The first-order valence-electron chi connectivity index (χ1n) is 6.51. The van der Waals surface area contributed by atoms with Crippen LogP contribution in [0.2, 0.25) is 10.0 Å². The zero-order chi connectivity index (χ0) is 15.4. The molecular formula is C16H14BrCl2FO. The van der Waals surface area contributed by atoms with E-state index in [4.69, 9.17) is 27.9 Å². The van der Waals surface area contributed by atoms with Gasteiger partial charge in [-0.3, -0.25) is 0 Å². The maximum atomic E-state index is 13.2. The van der Waals surface area contributed by atoms with Crippen molar-refractivity contribution in [3.05, 3.63) is 63.4 Å². The summed E-state index contributed by atoms with van der Waals surface area (Å²) >= 11 is 16.1. The lowest BCUT2D eigenvalue weighted by Crippen LogP contribution is -1.99. The van der Waals surface area contributed by atoms with Gasteiger partial charge in [0, 0.05) is 15.9 Å². The highest BCUT2D eigenvalue weighted by molar-refractivity contribution is 9.09. The Morgan fingerprint density at radius 3 is 2.62 bits per heavy atom. The van der Waals surface area contributed by atoms with Crippen molar-refractivity contribution in [3.8, 4) is 5.75 Å². The van der Waals surface area contributed by atoms with Crippen LogP contribution in [0.1, 0.15) is 22.9 Å². The van der Waals surface area contributed by atoms with Crippen LogP contribution in [0.3, 0.4) is 0 Å². The molecule has 0 spiro atoms. The van der Waals surface area contributed by atoms with Crippen LogP contribution < -0.4 is 4.74 Å². The number of rotatable bonds is 5. The number of alkyl halides is 1. The van der Waals surface area contributed by atoms with Crippen LogP contribution in [0.5, 0.6) is 5.75 Å². The van der Waals surface area contributed by atoms with Crippen molar-refractivity contribution < 1.29 is 9.13 Å². The molecule has 2 rings (SSSR count). The molecule has 21 heavy (non-hydrogen) atoms. The second kappa shape index (κ2) is 7.48. The Morgan fingerprint density at radius 1 is 1.19 bits per heavy atom. The van der Waals surface area contributed by atoms with Gasteiger partial charge in [-0.05, 0) is 42.7 Å². The highest BCUT2D eigenvalue weighted by Crippen LogP contribution is 2.38. The van der Waals surface area contributed by atoms with Gasteiger partial charge in [0.25, 0.3) is 0 Å². The van der Waals surface area contributed by atoms with Crippen LogP contribution >= 0.6 is 39.1 Å². The molecule has 0 aromatic heterocycles. The zero-order valence-electron chi connectivity index (χ0n) is 11.4. The van der Waals surface area contributed by atoms with Gasteiger partial charge in [-0.25, -0.2) is 4.39 Å². The van der Waals surface area contributed by atoms with E-state index in [0.29, 0.717) is 28.8 Å². The summed E-state index contributed by atoms with van der Waals surface area (Å²) in [5, 5.41) is 1.08. The van der Waals surface area contributed by atoms with Gasteiger partial charge < -0.3 is 4.74 Å². The van der Waals surface area contributed by atoms with Gasteiger partial charge in [0.1, 0.15) is 11.6 Å². The van der Waals surface area contributed by atoms with Crippen LogP contribution in [0.4, 0.5) is 4.39 Å². The molecule has 0 saturated carbocycles. The molecule has 1 unspecified atom stereocenters. The van der Waals surface area contributed by atoms with Crippen LogP contribution in [0.25, 0.3) is 0 Å². The van der Waals surface area contributed by atoms with Gasteiger partial charge in [0.05, 0.1) is 11.6 Å². The van der Waals surface area contributed by atoms with E-state index in [1.54, 1.807) is 18.2 Å².